The number of aromatic nitrogens is 1. The van der Waals surface area contributed by atoms with Crippen molar-refractivity contribution in [3.05, 3.63) is 47.9 Å². The molecule has 1 aromatic carbocycles. The maximum absolute atomic E-state index is 12.4. The van der Waals surface area contributed by atoms with Gasteiger partial charge in [0.1, 0.15) is 23.6 Å². The number of hydrogen-bond acceptors (Lipinski definition) is 8. The molecule has 0 N–H and O–H groups in total. The van der Waals surface area contributed by atoms with Crippen LogP contribution in [-0.2, 0) is 11.3 Å². The number of ether oxygens (including phenoxy) is 4. The standard InChI is InChI=1S/C18H17NO7/c1-21-14-9-16(23-3)15(22-2)8-12(14)18(20)25-10-11-7-17(26-19-11)13-5-4-6-24-13/h4-9H,10H2,1-3H3. The number of carbonyl (C=O) groups is 1. The zero-order valence-electron chi connectivity index (χ0n) is 14.5. The lowest BCUT2D eigenvalue weighted by Gasteiger charge is -2.13. The van der Waals surface area contributed by atoms with E-state index in [-0.39, 0.29) is 12.2 Å². The molecule has 2 aromatic heterocycles. The molecule has 0 fully saturated rings. The van der Waals surface area contributed by atoms with Gasteiger partial charge >= 0.3 is 5.97 Å². The highest BCUT2D eigenvalue weighted by atomic mass is 16.5. The topological polar surface area (TPSA) is 93.2 Å². The molecule has 0 unspecified atom stereocenters. The Hall–Kier alpha value is -3.42. The van der Waals surface area contributed by atoms with Gasteiger partial charge in [-0.3, -0.25) is 0 Å². The fourth-order valence-electron chi connectivity index (χ4n) is 2.32. The predicted octanol–water partition coefficient (Wildman–Crippen LogP) is 3.32. The zero-order chi connectivity index (χ0) is 18.5. The van der Waals surface area contributed by atoms with Crippen LogP contribution in [0.1, 0.15) is 16.1 Å². The van der Waals surface area contributed by atoms with Crippen LogP contribution in [0.4, 0.5) is 0 Å². The van der Waals surface area contributed by atoms with Crippen molar-refractivity contribution in [1.29, 1.82) is 0 Å². The largest absolute Gasteiger partial charge is 0.496 e. The van der Waals surface area contributed by atoms with E-state index in [2.05, 4.69) is 5.16 Å². The molecule has 0 aliphatic rings. The smallest absolute Gasteiger partial charge is 0.342 e. The van der Waals surface area contributed by atoms with E-state index in [9.17, 15) is 4.79 Å². The Kier molecular flexibility index (Phi) is 5.12. The fourth-order valence-corrected chi connectivity index (χ4v) is 2.32. The van der Waals surface area contributed by atoms with Crippen LogP contribution in [0, 0.1) is 0 Å². The first-order valence-corrected chi connectivity index (χ1v) is 7.63. The summed E-state index contributed by atoms with van der Waals surface area (Å²) in [7, 11) is 4.42. The lowest BCUT2D eigenvalue weighted by molar-refractivity contribution is 0.0460. The summed E-state index contributed by atoms with van der Waals surface area (Å²) in [6.07, 6.45) is 1.53. The van der Waals surface area contributed by atoms with E-state index in [4.69, 9.17) is 27.9 Å². The van der Waals surface area contributed by atoms with E-state index in [1.807, 2.05) is 0 Å². The molecule has 136 valence electrons. The molecule has 26 heavy (non-hydrogen) atoms. The van der Waals surface area contributed by atoms with E-state index in [0.29, 0.717) is 34.5 Å². The van der Waals surface area contributed by atoms with E-state index >= 15 is 0 Å². The van der Waals surface area contributed by atoms with Gasteiger partial charge in [0.05, 0.1) is 27.6 Å². The van der Waals surface area contributed by atoms with Gasteiger partial charge in [-0.1, -0.05) is 5.16 Å². The molecule has 2 heterocycles. The third-order valence-corrected chi connectivity index (χ3v) is 3.60. The van der Waals surface area contributed by atoms with Gasteiger partial charge in [-0.25, -0.2) is 4.79 Å². The number of furan rings is 1. The molecule has 0 saturated heterocycles. The summed E-state index contributed by atoms with van der Waals surface area (Å²) in [5.41, 5.74) is 0.657. The molecule has 0 spiro atoms. The van der Waals surface area contributed by atoms with Crippen molar-refractivity contribution in [2.75, 3.05) is 21.3 Å². The van der Waals surface area contributed by atoms with Crippen molar-refractivity contribution in [3.63, 3.8) is 0 Å². The molecule has 0 aliphatic carbocycles. The molecule has 8 nitrogen and oxygen atoms in total. The van der Waals surface area contributed by atoms with Crippen LogP contribution in [0.5, 0.6) is 17.2 Å². The Morgan fingerprint density at radius 3 is 2.38 bits per heavy atom. The third-order valence-electron chi connectivity index (χ3n) is 3.60. The number of esters is 1. The second kappa shape index (κ2) is 7.64. The van der Waals surface area contributed by atoms with E-state index in [1.165, 1.54) is 33.7 Å². The van der Waals surface area contributed by atoms with E-state index < -0.39 is 5.97 Å². The maximum Gasteiger partial charge on any atom is 0.342 e. The van der Waals surface area contributed by atoms with Crippen molar-refractivity contribution in [1.82, 2.24) is 5.16 Å². The van der Waals surface area contributed by atoms with Gasteiger partial charge in [-0.2, -0.15) is 0 Å². The minimum atomic E-state index is -0.592. The summed E-state index contributed by atoms with van der Waals surface area (Å²) < 4.78 is 31.3. The number of benzene rings is 1. The van der Waals surface area contributed by atoms with Gasteiger partial charge < -0.3 is 27.9 Å². The molecule has 0 saturated carbocycles. The molecule has 0 radical (unpaired) electrons. The second-order valence-corrected chi connectivity index (χ2v) is 5.14. The van der Waals surface area contributed by atoms with Crippen molar-refractivity contribution in [2.24, 2.45) is 0 Å². The monoisotopic (exact) mass is 359 g/mol. The minimum absolute atomic E-state index is 0.0689. The van der Waals surface area contributed by atoms with Gasteiger partial charge in [0, 0.05) is 18.2 Å². The SMILES string of the molecule is COc1cc(OC)c(C(=O)OCc2cc(-c3ccco3)on2)cc1OC. The molecule has 0 bridgehead atoms. The molecule has 0 amide bonds. The Morgan fingerprint density at radius 2 is 1.73 bits per heavy atom. The number of hydrogen-bond donors (Lipinski definition) is 0. The first-order chi connectivity index (χ1) is 12.7. The Labute approximate surface area is 149 Å². The lowest BCUT2D eigenvalue weighted by atomic mass is 10.1. The summed E-state index contributed by atoms with van der Waals surface area (Å²) >= 11 is 0. The average Bonchev–Trinajstić information content (AvgIpc) is 3.36. The first kappa shape index (κ1) is 17.4. The number of methoxy groups -OCH3 is 3. The third kappa shape index (κ3) is 3.49. The fraction of sp³-hybridized carbons (Fsp3) is 0.222. The second-order valence-electron chi connectivity index (χ2n) is 5.14. The van der Waals surface area contributed by atoms with Crippen LogP contribution < -0.4 is 14.2 Å². The van der Waals surface area contributed by atoms with Crippen LogP contribution in [0.25, 0.3) is 11.5 Å². The first-order valence-electron chi connectivity index (χ1n) is 7.63. The molecule has 3 rings (SSSR count). The van der Waals surface area contributed by atoms with Crippen LogP contribution in [0.3, 0.4) is 0 Å². The summed E-state index contributed by atoms with van der Waals surface area (Å²) in [6.45, 7) is -0.0689. The van der Waals surface area contributed by atoms with Crippen molar-refractivity contribution in [2.45, 2.75) is 6.61 Å². The summed E-state index contributed by atoms with van der Waals surface area (Å²) in [6, 6.07) is 8.17. The highest BCUT2D eigenvalue weighted by molar-refractivity contribution is 5.93. The summed E-state index contributed by atoms with van der Waals surface area (Å²) in [5.74, 6) is 1.54. The highest BCUT2D eigenvalue weighted by Crippen LogP contribution is 2.35. The summed E-state index contributed by atoms with van der Waals surface area (Å²) in [5, 5.41) is 3.85. The number of carbonyl (C=O) groups excluding carboxylic acids is 1. The molecule has 0 atom stereocenters. The van der Waals surface area contributed by atoms with Crippen molar-refractivity contribution < 1.29 is 32.7 Å². The lowest BCUT2D eigenvalue weighted by Crippen LogP contribution is -2.08. The van der Waals surface area contributed by atoms with Gasteiger partial charge in [0.15, 0.2) is 17.3 Å². The Bertz CT molecular complexity index is 883. The van der Waals surface area contributed by atoms with E-state index in [0.717, 1.165) is 0 Å². The van der Waals surface area contributed by atoms with Gasteiger partial charge in [-0.15, -0.1) is 0 Å². The quantitative estimate of drug-likeness (QED) is 0.593. The van der Waals surface area contributed by atoms with Gasteiger partial charge in [0.2, 0.25) is 5.76 Å². The van der Waals surface area contributed by atoms with Crippen LogP contribution in [-0.4, -0.2) is 32.5 Å². The summed E-state index contributed by atoms with van der Waals surface area (Å²) in [4.78, 5) is 12.4. The van der Waals surface area contributed by atoms with Crippen LogP contribution in [0.2, 0.25) is 0 Å². The predicted molar refractivity (Wildman–Crippen MR) is 89.4 cm³/mol. The maximum atomic E-state index is 12.4. The normalized spacial score (nSPS) is 10.4. The molecule has 8 heteroatoms. The number of rotatable bonds is 7. The van der Waals surface area contributed by atoms with Crippen molar-refractivity contribution in [3.8, 4) is 28.8 Å². The van der Waals surface area contributed by atoms with Crippen molar-refractivity contribution >= 4 is 5.97 Å². The average molecular weight is 359 g/mol. The van der Waals surface area contributed by atoms with Crippen LogP contribution in [0.15, 0.2) is 45.5 Å². The highest BCUT2D eigenvalue weighted by Gasteiger charge is 2.20. The number of nitrogens with zero attached hydrogens (tertiary/aromatic N) is 1. The van der Waals surface area contributed by atoms with E-state index in [1.54, 1.807) is 24.3 Å². The Balaban J connectivity index is 1.74. The van der Waals surface area contributed by atoms with Crippen LogP contribution >= 0.6 is 0 Å². The Morgan fingerprint density at radius 1 is 1.00 bits per heavy atom. The molecular formula is C18H17NO7. The molecule has 3 aromatic rings. The minimum Gasteiger partial charge on any atom is -0.496 e. The zero-order valence-corrected chi connectivity index (χ0v) is 14.5. The van der Waals surface area contributed by atoms with Gasteiger partial charge in [0.25, 0.3) is 0 Å². The van der Waals surface area contributed by atoms with Gasteiger partial charge in [-0.05, 0) is 12.1 Å². The molecular weight excluding hydrogens is 342 g/mol. The molecule has 0 aliphatic heterocycles.